The summed E-state index contributed by atoms with van der Waals surface area (Å²) in [4.78, 5) is 42.9. The van der Waals surface area contributed by atoms with Crippen LogP contribution < -0.4 is 15.0 Å². The van der Waals surface area contributed by atoms with Crippen LogP contribution in [-0.4, -0.2) is 35.5 Å². The second kappa shape index (κ2) is 10.2. The van der Waals surface area contributed by atoms with Gasteiger partial charge in [0.2, 0.25) is 11.8 Å². The quantitative estimate of drug-likeness (QED) is 0.356. The van der Waals surface area contributed by atoms with E-state index in [0.717, 1.165) is 54.0 Å². The third-order valence-electron chi connectivity index (χ3n) is 9.26. The van der Waals surface area contributed by atoms with Gasteiger partial charge in [0.05, 0.1) is 24.6 Å². The van der Waals surface area contributed by atoms with Crippen LogP contribution in [0.5, 0.6) is 5.75 Å². The summed E-state index contributed by atoms with van der Waals surface area (Å²) in [7, 11) is 1.61. The molecule has 0 bridgehead atoms. The molecular formula is C32H33ClN2O5. The zero-order valence-electron chi connectivity index (χ0n) is 22.7. The number of rotatable bonds is 6. The number of ether oxygens (including phenoxy) is 1. The van der Waals surface area contributed by atoms with E-state index in [4.69, 9.17) is 16.3 Å². The second-order valence-corrected chi connectivity index (χ2v) is 11.9. The molecule has 3 fully saturated rings. The van der Waals surface area contributed by atoms with E-state index in [2.05, 4.69) is 5.32 Å². The lowest BCUT2D eigenvalue weighted by molar-refractivity contribution is -0.150. The SMILES string of the molecule is COc1ccc(C2NC(CC3CCCCC3)(C(=O)O)C3C(=O)N(c4ccc(C)c(Cl)c4)C(=O)C23)c2ccccc12. The number of carboxylic acids is 1. The molecule has 8 heteroatoms. The third kappa shape index (κ3) is 4.10. The number of halogens is 1. The zero-order valence-corrected chi connectivity index (χ0v) is 23.4. The topological polar surface area (TPSA) is 95.9 Å². The zero-order chi connectivity index (χ0) is 28.2. The Balaban J connectivity index is 1.52. The minimum atomic E-state index is -1.58. The summed E-state index contributed by atoms with van der Waals surface area (Å²) >= 11 is 6.39. The minimum absolute atomic E-state index is 0.162. The molecule has 2 heterocycles. The van der Waals surface area contributed by atoms with Gasteiger partial charge in [-0.25, -0.2) is 4.90 Å². The van der Waals surface area contributed by atoms with E-state index in [9.17, 15) is 19.5 Å². The molecule has 1 aliphatic carbocycles. The Morgan fingerprint density at radius 1 is 1.05 bits per heavy atom. The molecule has 208 valence electrons. The lowest BCUT2D eigenvalue weighted by Gasteiger charge is -2.35. The maximum absolute atomic E-state index is 14.2. The number of benzene rings is 3. The van der Waals surface area contributed by atoms with Gasteiger partial charge in [0.1, 0.15) is 11.3 Å². The molecule has 4 unspecified atom stereocenters. The van der Waals surface area contributed by atoms with Crippen molar-refractivity contribution in [2.45, 2.75) is 57.0 Å². The van der Waals surface area contributed by atoms with Crippen molar-refractivity contribution in [2.24, 2.45) is 17.8 Å². The second-order valence-electron chi connectivity index (χ2n) is 11.5. The van der Waals surface area contributed by atoms with Crippen LogP contribution in [0.2, 0.25) is 5.02 Å². The van der Waals surface area contributed by atoms with Crippen LogP contribution in [0.15, 0.2) is 54.6 Å². The summed E-state index contributed by atoms with van der Waals surface area (Å²) in [6.07, 6.45) is 5.36. The molecule has 2 saturated heterocycles. The number of carbonyl (C=O) groups excluding carboxylic acids is 2. The van der Waals surface area contributed by atoms with E-state index in [0.29, 0.717) is 22.9 Å². The van der Waals surface area contributed by atoms with Gasteiger partial charge in [-0.2, -0.15) is 0 Å². The molecule has 0 spiro atoms. The number of aliphatic carboxylic acids is 1. The van der Waals surface area contributed by atoms with Gasteiger partial charge in [-0.15, -0.1) is 0 Å². The van der Waals surface area contributed by atoms with Gasteiger partial charge in [0.15, 0.2) is 0 Å². The van der Waals surface area contributed by atoms with E-state index in [1.54, 1.807) is 25.3 Å². The fourth-order valence-corrected chi connectivity index (χ4v) is 7.48. The molecule has 0 aromatic heterocycles. The average molecular weight is 561 g/mol. The minimum Gasteiger partial charge on any atom is -0.496 e. The lowest BCUT2D eigenvalue weighted by Crippen LogP contribution is -2.57. The van der Waals surface area contributed by atoms with Crippen molar-refractivity contribution in [2.75, 3.05) is 12.0 Å². The van der Waals surface area contributed by atoms with E-state index >= 15 is 0 Å². The molecule has 3 aliphatic rings. The first kappa shape index (κ1) is 26.8. The van der Waals surface area contributed by atoms with Gasteiger partial charge in [-0.05, 0) is 54.0 Å². The van der Waals surface area contributed by atoms with Gasteiger partial charge < -0.3 is 9.84 Å². The first-order valence-corrected chi connectivity index (χ1v) is 14.4. The molecule has 1 saturated carbocycles. The van der Waals surface area contributed by atoms with E-state index in [1.165, 1.54) is 4.90 Å². The Bertz CT molecular complexity index is 1520. The highest BCUT2D eigenvalue weighted by Crippen LogP contribution is 2.54. The normalized spacial score (nSPS) is 26.9. The third-order valence-corrected chi connectivity index (χ3v) is 9.66. The van der Waals surface area contributed by atoms with Crippen LogP contribution in [0, 0.1) is 24.7 Å². The van der Waals surface area contributed by atoms with Gasteiger partial charge in [0, 0.05) is 16.5 Å². The van der Waals surface area contributed by atoms with Gasteiger partial charge in [-0.3, -0.25) is 19.7 Å². The van der Waals surface area contributed by atoms with Crippen LogP contribution in [0.25, 0.3) is 10.8 Å². The number of hydrogen-bond donors (Lipinski definition) is 2. The number of carboxylic acid groups (broad SMARTS) is 1. The molecule has 2 aliphatic heterocycles. The Labute approximate surface area is 238 Å². The smallest absolute Gasteiger partial charge is 0.324 e. The fourth-order valence-electron chi connectivity index (χ4n) is 7.31. The van der Waals surface area contributed by atoms with E-state index in [1.807, 2.05) is 43.3 Å². The van der Waals surface area contributed by atoms with Crippen LogP contribution in [0.1, 0.15) is 55.7 Å². The lowest BCUT2D eigenvalue weighted by atomic mass is 9.72. The van der Waals surface area contributed by atoms with Crippen molar-refractivity contribution in [3.8, 4) is 5.75 Å². The highest BCUT2D eigenvalue weighted by atomic mass is 35.5. The van der Waals surface area contributed by atoms with Crippen molar-refractivity contribution in [3.63, 3.8) is 0 Å². The number of imide groups is 1. The Hall–Kier alpha value is -3.42. The number of carbonyl (C=O) groups is 3. The van der Waals surface area contributed by atoms with Crippen LogP contribution in [0.3, 0.4) is 0 Å². The monoisotopic (exact) mass is 560 g/mol. The molecule has 7 nitrogen and oxygen atoms in total. The summed E-state index contributed by atoms with van der Waals surface area (Å²) < 4.78 is 5.59. The van der Waals surface area contributed by atoms with Crippen molar-refractivity contribution >= 4 is 45.8 Å². The number of anilines is 1. The summed E-state index contributed by atoms with van der Waals surface area (Å²) in [6.45, 7) is 1.85. The average Bonchev–Trinajstić information content (AvgIpc) is 3.43. The molecule has 40 heavy (non-hydrogen) atoms. The predicted octanol–water partition coefficient (Wildman–Crippen LogP) is 6.05. The highest BCUT2D eigenvalue weighted by Gasteiger charge is 2.69. The summed E-state index contributed by atoms with van der Waals surface area (Å²) in [5.74, 6) is -3.06. The van der Waals surface area contributed by atoms with Crippen molar-refractivity contribution < 1.29 is 24.2 Å². The number of amides is 2. The largest absolute Gasteiger partial charge is 0.496 e. The van der Waals surface area contributed by atoms with Crippen LogP contribution in [-0.2, 0) is 14.4 Å². The van der Waals surface area contributed by atoms with E-state index in [-0.39, 0.29) is 5.92 Å². The van der Waals surface area contributed by atoms with Crippen LogP contribution in [0.4, 0.5) is 5.69 Å². The number of fused-ring (bicyclic) bond motifs is 2. The molecule has 3 aromatic rings. The summed E-state index contributed by atoms with van der Waals surface area (Å²) in [5.41, 5.74) is 0.401. The fraction of sp³-hybridized carbons (Fsp3) is 0.406. The highest BCUT2D eigenvalue weighted by molar-refractivity contribution is 6.32. The van der Waals surface area contributed by atoms with Crippen molar-refractivity contribution in [3.05, 3.63) is 70.7 Å². The number of aryl methyl sites for hydroxylation is 1. The summed E-state index contributed by atoms with van der Waals surface area (Å²) in [5, 5.41) is 16.4. The molecule has 2 N–H and O–H groups in total. The number of methoxy groups -OCH3 is 1. The maximum Gasteiger partial charge on any atom is 0.324 e. The van der Waals surface area contributed by atoms with Gasteiger partial charge >= 0.3 is 5.97 Å². The Morgan fingerprint density at radius 2 is 1.77 bits per heavy atom. The molecule has 3 aromatic carbocycles. The van der Waals surface area contributed by atoms with E-state index < -0.39 is 41.2 Å². The molecule has 2 amide bonds. The van der Waals surface area contributed by atoms with Gasteiger partial charge in [0.25, 0.3) is 0 Å². The first-order valence-electron chi connectivity index (χ1n) is 14.0. The summed E-state index contributed by atoms with van der Waals surface area (Å²) in [6, 6.07) is 15.9. The predicted molar refractivity (Wildman–Crippen MR) is 154 cm³/mol. The molecular weight excluding hydrogens is 528 g/mol. The van der Waals surface area contributed by atoms with Gasteiger partial charge in [-0.1, -0.05) is 80.1 Å². The maximum atomic E-state index is 14.2. The molecule has 0 radical (unpaired) electrons. The standard InChI is InChI=1S/C32H33ClN2O5/c1-18-12-13-20(16-24(18)33)35-29(36)26-27(30(35)37)32(31(38)39,17-19-8-4-3-5-9-19)34-28(26)23-14-15-25(40-2)22-11-7-6-10-21(22)23/h6-7,10-16,19,26-28,34H,3-5,8-9,17H2,1-2H3,(H,38,39). The van der Waals surface area contributed by atoms with Crippen molar-refractivity contribution in [1.29, 1.82) is 0 Å². The number of nitrogens with zero attached hydrogens (tertiary/aromatic N) is 1. The Kier molecular flexibility index (Phi) is 6.83. The number of hydrogen-bond acceptors (Lipinski definition) is 5. The van der Waals surface area contributed by atoms with Crippen LogP contribution >= 0.6 is 11.6 Å². The molecule has 6 rings (SSSR count). The Morgan fingerprint density at radius 3 is 2.45 bits per heavy atom. The number of nitrogens with one attached hydrogen (secondary N) is 1. The first-order chi connectivity index (χ1) is 19.3. The molecule has 4 atom stereocenters. The van der Waals surface area contributed by atoms with Crippen molar-refractivity contribution in [1.82, 2.24) is 5.32 Å².